The van der Waals surface area contributed by atoms with Crippen LogP contribution in [0.3, 0.4) is 0 Å². The third-order valence-electron chi connectivity index (χ3n) is 2.87. The lowest BCUT2D eigenvalue weighted by Crippen LogP contribution is -2.29. The van der Waals surface area contributed by atoms with E-state index in [0.29, 0.717) is 15.8 Å². The van der Waals surface area contributed by atoms with Crippen LogP contribution in [0.2, 0.25) is 0 Å². The fourth-order valence-electron chi connectivity index (χ4n) is 1.86. The van der Waals surface area contributed by atoms with Crippen LogP contribution in [0.25, 0.3) is 0 Å². The van der Waals surface area contributed by atoms with Crippen molar-refractivity contribution in [3.8, 4) is 5.75 Å². The van der Waals surface area contributed by atoms with Gasteiger partial charge in [0, 0.05) is 4.47 Å². The molecule has 0 radical (unpaired) electrons. The number of amides is 1. The van der Waals surface area contributed by atoms with Gasteiger partial charge in [0.1, 0.15) is 5.75 Å². The Kier molecular flexibility index (Phi) is 3.85. The monoisotopic (exact) mass is 319 g/mol. The maximum atomic E-state index is 13.1. The third kappa shape index (κ3) is 2.48. The minimum atomic E-state index is -1.60. The first-order chi connectivity index (χ1) is 8.52. The molecule has 0 aromatic heterocycles. The molecule has 1 heterocycles. The van der Waals surface area contributed by atoms with Gasteiger partial charge in [-0.05, 0) is 34.1 Å². The molecule has 0 bridgehead atoms. The Morgan fingerprint density at radius 1 is 1.39 bits per heavy atom. The molecule has 0 aliphatic carbocycles. The molecule has 0 N–H and O–H groups in total. The Bertz CT molecular complexity index is 459. The van der Waals surface area contributed by atoms with Gasteiger partial charge in [0.25, 0.3) is 5.91 Å². The number of likely N-dealkylation sites (tertiary alicyclic amines) is 1. The van der Waals surface area contributed by atoms with Crippen LogP contribution in [-0.4, -0.2) is 43.3 Å². The zero-order valence-electron chi connectivity index (χ0n) is 9.70. The van der Waals surface area contributed by atoms with Gasteiger partial charge in [-0.15, -0.1) is 0 Å². The molecule has 0 saturated carbocycles. The van der Waals surface area contributed by atoms with Crippen molar-refractivity contribution in [2.45, 2.75) is 12.3 Å². The van der Waals surface area contributed by atoms with Crippen molar-refractivity contribution < 1.29 is 18.3 Å². The Labute approximate surface area is 112 Å². The van der Waals surface area contributed by atoms with E-state index in [0.717, 1.165) is 0 Å². The molecule has 98 valence electrons. The lowest BCUT2D eigenvalue weighted by Gasteiger charge is -2.16. The normalized spacial score (nSPS) is 23.2. The fourth-order valence-corrected chi connectivity index (χ4v) is 2.27. The second kappa shape index (κ2) is 5.22. The van der Waals surface area contributed by atoms with E-state index < -0.39 is 18.3 Å². The minimum Gasteiger partial charge on any atom is -0.497 e. The van der Waals surface area contributed by atoms with E-state index in [2.05, 4.69) is 15.9 Å². The summed E-state index contributed by atoms with van der Waals surface area (Å²) in [4.78, 5) is 13.3. The van der Waals surface area contributed by atoms with E-state index in [4.69, 9.17) is 4.74 Å². The van der Waals surface area contributed by atoms with Crippen molar-refractivity contribution in [1.29, 1.82) is 0 Å². The first kappa shape index (κ1) is 13.3. The molecule has 0 spiro atoms. The first-order valence-corrected chi connectivity index (χ1v) is 6.23. The third-order valence-corrected chi connectivity index (χ3v) is 3.56. The van der Waals surface area contributed by atoms with Gasteiger partial charge in [-0.25, -0.2) is 8.78 Å². The second-order valence-corrected chi connectivity index (χ2v) is 4.94. The average molecular weight is 320 g/mol. The van der Waals surface area contributed by atoms with Gasteiger partial charge in [0.15, 0.2) is 12.3 Å². The molecular formula is C12H12BrF2NO2. The summed E-state index contributed by atoms with van der Waals surface area (Å²) in [5.74, 6) is 0.123. The maximum absolute atomic E-state index is 13.1. The number of halogens is 3. The summed E-state index contributed by atoms with van der Waals surface area (Å²) in [6.07, 6.45) is -3.20. The molecule has 1 fully saturated rings. The number of alkyl halides is 2. The number of hydrogen-bond donors (Lipinski definition) is 0. The molecule has 0 unspecified atom stereocenters. The van der Waals surface area contributed by atoms with Crippen LogP contribution in [0, 0.1) is 0 Å². The average Bonchev–Trinajstić information content (AvgIpc) is 2.69. The standard InChI is InChI=1S/C12H12BrF2NO2/c1-18-7-2-3-9(13)8(4-7)12(17)16-5-10(14)11(15)6-16/h2-4,10-11H,5-6H2,1H3/t10-,11+. The minimum absolute atomic E-state index is 0.205. The van der Waals surface area contributed by atoms with E-state index in [1.807, 2.05) is 0 Å². The number of rotatable bonds is 2. The SMILES string of the molecule is COc1ccc(Br)c(C(=O)N2C[C@@H](F)[C@@H](F)C2)c1. The summed E-state index contributed by atoms with van der Waals surface area (Å²) >= 11 is 3.25. The number of carbonyl (C=O) groups is 1. The predicted octanol–water partition coefficient (Wildman–Crippen LogP) is 2.59. The Hall–Kier alpha value is -1.17. The molecule has 2 atom stereocenters. The fraction of sp³-hybridized carbons (Fsp3) is 0.417. The molecular weight excluding hydrogens is 308 g/mol. The highest BCUT2D eigenvalue weighted by Crippen LogP contribution is 2.26. The molecule has 2 rings (SSSR count). The Morgan fingerprint density at radius 3 is 2.56 bits per heavy atom. The van der Waals surface area contributed by atoms with Crippen molar-refractivity contribution in [2.24, 2.45) is 0 Å². The molecule has 1 saturated heterocycles. The van der Waals surface area contributed by atoms with Gasteiger partial charge in [-0.1, -0.05) is 0 Å². The first-order valence-electron chi connectivity index (χ1n) is 5.44. The van der Waals surface area contributed by atoms with E-state index in [9.17, 15) is 13.6 Å². The van der Waals surface area contributed by atoms with Crippen LogP contribution >= 0.6 is 15.9 Å². The molecule has 1 aromatic carbocycles. The van der Waals surface area contributed by atoms with Crippen molar-refractivity contribution in [2.75, 3.05) is 20.2 Å². The molecule has 3 nitrogen and oxygen atoms in total. The number of hydrogen-bond acceptors (Lipinski definition) is 2. The van der Waals surface area contributed by atoms with Gasteiger partial charge >= 0.3 is 0 Å². The van der Waals surface area contributed by atoms with E-state index >= 15 is 0 Å². The number of carbonyl (C=O) groups excluding carboxylic acids is 1. The molecule has 6 heteroatoms. The van der Waals surface area contributed by atoms with Gasteiger partial charge in [-0.3, -0.25) is 4.79 Å². The van der Waals surface area contributed by atoms with Crippen LogP contribution < -0.4 is 4.74 Å². The van der Waals surface area contributed by atoms with Crippen LogP contribution in [-0.2, 0) is 0 Å². The molecule has 1 aliphatic heterocycles. The predicted molar refractivity (Wildman–Crippen MR) is 66.4 cm³/mol. The quantitative estimate of drug-likeness (QED) is 0.838. The van der Waals surface area contributed by atoms with Crippen molar-refractivity contribution in [1.82, 2.24) is 4.90 Å². The summed E-state index contributed by atoms with van der Waals surface area (Å²) in [6, 6.07) is 4.91. The summed E-state index contributed by atoms with van der Waals surface area (Å²) < 4.78 is 31.8. The zero-order valence-corrected chi connectivity index (χ0v) is 11.3. The van der Waals surface area contributed by atoms with Crippen molar-refractivity contribution in [3.05, 3.63) is 28.2 Å². The molecule has 1 amide bonds. The van der Waals surface area contributed by atoms with Gasteiger partial charge in [0.2, 0.25) is 0 Å². The summed E-state index contributed by atoms with van der Waals surface area (Å²) in [7, 11) is 1.49. The summed E-state index contributed by atoms with van der Waals surface area (Å²) in [6.45, 7) is -0.409. The molecule has 1 aliphatic rings. The Balaban J connectivity index is 2.23. The molecule has 18 heavy (non-hydrogen) atoms. The van der Waals surface area contributed by atoms with Crippen LogP contribution in [0.5, 0.6) is 5.75 Å². The number of ether oxygens (including phenoxy) is 1. The van der Waals surface area contributed by atoms with E-state index in [1.54, 1.807) is 18.2 Å². The summed E-state index contributed by atoms with van der Waals surface area (Å²) in [5, 5.41) is 0. The van der Waals surface area contributed by atoms with Crippen LogP contribution in [0.15, 0.2) is 22.7 Å². The second-order valence-electron chi connectivity index (χ2n) is 4.09. The highest BCUT2D eigenvalue weighted by atomic mass is 79.9. The van der Waals surface area contributed by atoms with E-state index in [-0.39, 0.29) is 13.1 Å². The van der Waals surface area contributed by atoms with E-state index in [1.165, 1.54) is 12.0 Å². The number of benzene rings is 1. The smallest absolute Gasteiger partial charge is 0.255 e. The zero-order chi connectivity index (χ0) is 13.3. The lowest BCUT2D eigenvalue weighted by atomic mass is 10.2. The van der Waals surface area contributed by atoms with Crippen LogP contribution in [0.4, 0.5) is 8.78 Å². The number of methoxy groups -OCH3 is 1. The highest BCUT2D eigenvalue weighted by molar-refractivity contribution is 9.10. The van der Waals surface area contributed by atoms with Gasteiger partial charge < -0.3 is 9.64 Å². The maximum Gasteiger partial charge on any atom is 0.255 e. The lowest BCUT2D eigenvalue weighted by molar-refractivity contribution is 0.0777. The van der Waals surface area contributed by atoms with Crippen molar-refractivity contribution in [3.63, 3.8) is 0 Å². The number of nitrogens with zero attached hydrogens (tertiary/aromatic N) is 1. The van der Waals surface area contributed by atoms with Gasteiger partial charge in [0.05, 0.1) is 25.8 Å². The largest absolute Gasteiger partial charge is 0.497 e. The topological polar surface area (TPSA) is 29.5 Å². The highest BCUT2D eigenvalue weighted by Gasteiger charge is 2.36. The van der Waals surface area contributed by atoms with Crippen LogP contribution in [0.1, 0.15) is 10.4 Å². The Morgan fingerprint density at radius 2 is 2.00 bits per heavy atom. The molecule has 1 aromatic rings. The summed E-state index contributed by atoms with van der Waals surface area (Å²) in [5.41, 5.74) is 0.343. The van der Waals surface area contributed by atoms with Crippen molar-refractivity contribution >= 4 is 21.8 Å². The van der Waals surface area contributed by atoms with Gasteiger partial charge in [-0.2, -0.15) is 0 Å².